The molecule has 0 unspecified atom stereocenters. The number of hydrogen-bond acceptors (Lipinski definition) is 6. The molecule has 176 valence electrons. The highest BCUT2D eigenvalue weighted by atomic mass is 35.5. The third kappa shape index (κ3) is 5.16. The van der Waals surface area contributed by atoms with Crippen LogP contribution in [0.25, 0.3) is 0 Å². The van der Waals surface area contributed by atoms with Crippen LogP contribution in [0.2, 0.25) is 10.0 Å². The maximum Gasteiger partial charge on any atom is 0.243 e. The Kier molecular flexibility index (Phi) is 7.95. The van der Waals surface area contributed by atoms with Crippen molar-refractivity contribution >= 4 is 43.2 Å². The lowest BCUT2D eigenvalue weighted by atomic mass is 10.3. The highest BCUT2D eigenvalue weighted by Crippen LogP contribution is 2.31. The van der Waals surface area contributed by atoms with Gasteiger partial charge in [-0.1, -0.05) is 23.2 Å². The summed E-state index contributed by atoms with van der Waals surface area (Å²) in [7, 11) is -7.67. The second-order valence-corrected chi connectivity index (χ2v) is 11.5. The predicted molar refractivity (Wildman–Crippen MR) is 123 cm³/mol. The van der Waals surface area contributed by atoms with Crippen LogP contribution in [0, 0.1) is 0 Å². The first kappa shape index (κ1) is 25.1. The van der Waals surface area contributed by atoms with E-state index in [4.69, 9.17) is 32.7 Å². The quantitative estimate of drug-likeness (QED) is 0.526. The van der Waals surface area contributed by atoms with Crippen LogP contribution in [0.1, 0.15) is 13.8 Å². The zero-order valence-electron chi connectivity index (χ0n) is 17.6. The topological polar surface area (TPSA) is 93.2 Å². The van der Waals surface area contributed by atoms with Gasteiger partial charge in [-0.2, -0.15) is 8.61 Å². The number of halogens is 2. The average Bonchev–Trinajstić information content (AvgIpc) is 2.77. The van der Waals surface area contributed by atoms with Crippen molar-refractivity contribution in [2.75, 3.05) is 39.4 Å². The van der Waals surface area contributed by atoms with Crippen LogP contribution < -0.4 is 9.47 Å². The molecule has 3 rings (SSSR count). The van der Waals surface area contributed by atoms with Crippen molar-refractivity contribution in [2.24, 2.45) is 0 Å². The summed E-state index contributed by atoms with van der Waals surface area (Å²) in [6.07, 6.45) is 0. The van der Waals surface area contributed by atoms with E-state index in [1.54, 1.807) is 13.8 Å². The zero-order chi connectivity index (χ0) is 23.5. The number of benzene rings is 2. The fourth-order valence-corrected chi connectivity index (χ4v) is 6.49. The van der Waals surface area contributed by atoms with Crippen LogP contribution in [-0.4, -0.2) is 64.8 Å². The molecule has 1 aliphatic rings. The van der Waals surface area contributed by atoms with E-state index in [9.17, 15) is 16.8 Å². The van der Waals surface area contributed by atoms with Gasteiger partial charge in [-0.3, -0.25) is 0 Å². The number of ether oxygens (including phenoxy) is 2. The zero-order valence-corrected chi connectivity index (χ0v) is 20.8. The van der Waals surface area contributed by atoms with Gasteiger partial charge in [-0.25, -0.2) is 16.8 Å². The minimum Gasteiger partial charge on any atom is -0.492 e. The fraction of sp³-hybridized carbons (Fsp3) is 0.400. The molecule has 8 nitrogen and oxygen atoms in total. The maximum absolute atomic E-state index is 13.1. The molecule has 32 heavy (non-hydrogen) atoms. The second-order valence-electron chi connectivity index (χ2n) is 6.86. The minimum atomic E-state index is -3.84. The number of sulfonamides is 2. The third-order valence-corrected chi connectivity index (χ3v) is 9.29. The Bertz CT molecular complexity index is 1090. The smallest absolute Gasteiger partial charge is 0.243 e. The largest absolute Gasteiger partial charge is 0.492 e. The summed E-state index contributed by atoms with van der Waals surface area (Å²) < 4.78 is 65.5. The second kappa shape index (κ2) is 10.1. The molecule has 0 spiro atoms. The minimum absolute atomic E-state index is 0.0140. The molecule has 0 atom stereocenters. The normalized spacial score (nSPS) is 16.1. The van der Waals surface area contributed by atoms with Gasteiger partial charge in [0, 0.05) is 38.3 Å². The Labute approximate surface area is 198 Å². The summed E-state index contributed by atoms with van der Waals surface area (Å²) in [5, 5.41) is 0.632. The molecule has 1 heterocycles. The van der Waals surface area contributed by atoms with Crippen molar-refractivity contribution in [3.63, 3.8) is 0 Å². The van der Waals surface area contributed by atoms with E-state index in [-0.39, 0.29) is 47.5 Å². The molecule has 1 fully saturated rings. The molecular formula is C20H24Cl2N2O6S2. The fourth-order valence-electron chi connectivity index (χ4n) is 3.27. The van der Waals surface area contributed by atoms with E-state index in [0.717, 1.165) is 0 Å². The van der Waals surface area contributed by atoms with Gasteiger partial charge in [0.2, 0.25) is 20.0 Å². The summed E-state index contributed by atoms with van der Waals surface area (Å²) >= 11 is 12.1. The Balaban J connectivity index is 1.77. The van der Waals surface area contributed by atoms with Gasteiger partial charge in [0.25, 0.3) is 0 Å². The molecule has 0 saturated carbocycles. The summed E-state index contributed by atoms with van der Waals surface area (Å²) in [5.74, 6) is 0.564. The van der Waals surface area contributed by atoms with Crippen LogP contribution in [0.3, 0.4) is 0 Å². The van der Waals surface area contributed by atoms with E-state index in [2.05, 4.69) is 0 Å². The molecule has 2 aromatic carbocycles. The summed E-state index contributed by atoms with van der Waals surface area (Å²) in [6.45, 7) is 4.29. The van der Waals surface area contributed by atoms with Crippen LogP contribution in [0.4, 0.5) is 0 Å². The number of piperazine rings is 1. The lowest BCUT2D eigenvalue weighted by Gasteiger charge is -2.33. The first-order valence-corrected chi connectivity index (χ1v) is 13.6. The predicted octanol–water partition coefficient (Wildman–Crippen LogP) is 3.49. The van der Waals surface area contributed by atoms with Gasteiger partial charge in [0.1, 0.15) is 11.5 Å². The lowest BCUT2D eigenvalue weighted by Crippen LogP contribution is -2.50. The highest BCUT2D eigenvalue weighted by molar-refractivity contribution is 7.89. The third-order valence-electron chi connectivity index (χ3n) is 4.88. The molecule has 0 amide bonds. The standard InChI is InChI=1S/C20H24Cl2N2O6S2/c1-3-29-19-13-15(5-7-17(19)21)31(25,26)23-9-11-24(12-10-23)32(27,28)16-6-8-18(22)20(14-16)30-4-2/h5-8,13-14H,3-4,9-12H2,1-2H3. The van der Waals surface area contributed by atoms with E-state index in [1.807, 2.05) is 0 Å². The molecule has 0 N–H and O–H groups in total. The van der Waals surface area contributed by atoms with Crippen molar-refractivity contribution < 1.29 is 26.3 Å². The van der Waals surface area contributed by atoms with Crippen molar-refractivity contribution in [2.45, 2.75) is 23.6 Å². The Morgan fingerprint density at radius 1 is 0.719 bits per heavy atom. The molecule has 2 aromatic rings. The Morgan fingerprint density at radius 3 is 1.38 bits per heavy atom. The van der Waals surface area contributed by atoms with Crippen molar-refractivity contribution in [1.29, 1.82) is 0 Å². The van der Waals surface area contributed by atoms with Crippen molar-refractivity contribution in [3.05, 3.63) is 46.4 Å². The van der Waals surface area contributed by atoms with Crippen LogP contribution in [0.5, 0.6) is 11.5 Å². The van der Waals surface area contributed by atoms with Crippen LogP contribution in [-0.2, 0) is 20.0 Å². The van der Waals surface area contributed by atoms with E-state index >= 15 is 0 Å². The number of nitrogens with zero attached hydrogens (tertiary/aromatic N) is 2. The van der Waals surface area contributed by atoms with Gasteiger partial charge in [-0.15, -0.1) is 0 Å². The number of hydrogen-bond donors (Lipinski definition) is 0. The average molecular weight is 523 g/mol. The molecule has 12 heteroatoms. The highest BCUT2D eigenvalue weighted by Gasteiger charge is 2.34. The van der Waals surface area contributed by atoms with Gasteiger partial charge in [0.15, 0.2) is 0 Å². The molecule has 0 radical (unpaired) electrons. The molecule has 1 saturated heterocycles. The monoisotopic (exact) mass is 522 g/mol. The number of rotatable bonds is 8. The molecule has 1 aliphatic heterocycles. The van der Waals surface area contributed by atoms with Crippen molar-refractivity contribution in [3.8, 4) is 11.5 Å². The maximum atomic E-state index is 13.1. The first-order chi connectivity index (χ1) is 15.1. The van der Waals surface area contributed by atoms with Crippen LogP contribution in [0.15, 0.2) is 46.2 Å². The lowest BCUT2D eigenvalue weighted by molar-refractivity contribution is 0.272. The van der Waals surface area contributed by atoms with Gasteiger partial charge in [-0.05, 0) is 38.1 Å². The van der Waals surface area contributed by atoms with Crippen LogP contribution >= 0.6 is 23.2 Å². The van der Waals surface area contributed by atoms with E-state index in [0.29, 0.717) is 23.3 Å². The Hall–Kier alpha value is -1.56. The van der Waals surface area contributed by atoms with Gasteiger partial charge >= 0.3 is 0 Å². The summed E-state index contributed by atoms with van der Waals surface area (Å²) in [4.78, 5) is 0.0847. The van der Waals surface area contributed by atoms with E-state index < -0.39 is 20.0 Å². The molecular weight excluding hydrogens is 499 g/mol. The first-order valence-electron chi connectivity index (χ1n) is 9.96. The summed E-state index contributed by atoms with van der Waals surface area (Å²) in [6, 6.07) is 8.52. The van der Waals surface area contributed by atoms with Crippen molar-refractivity contribution in [1.82, 2.24) is 8.61 Å². The molecule has 0 aliphatic carbocycles. The Morgan fingerprint density at radius 2 is 1.06 bits per heavy atom. The van der Waals surface area contributed by atoms with E-state index in [1.165, 1.54) is 45.0 Å². The molecule has 0 aromatic heterocycles. The van der Waals surface area contributed by atoms with Gasteiger partial charge < -0.3 is 9.47 Å². The SMILES string of the molecule is CCOc1cc(S(=O)(=O)N2CCN(S(=O)(=O)c3ccc(Cl)c(OCC)c3)CC2)ccc1Cl. The van der Waals surface area contributed by atoms with Gasteiger partial charge in [0.05, 0.1) is 33.0 Å². The molecule has 0 bridgehead atoms. The summed E-state index contributed by atoms with van der Waals surface area (Å²) in [5.41, 5.74) is 0.